The molecule has 2 heterocycles. The second-order valence-electron chi connectivity index (χ2n) is 7.47. The lowest BCUT2D eigenvalue weighted by Crippen LogP contribution is -2.44. The Kier molecular flexibility index (Phi) is 11.1. The monoisotopic (exact) mass is 538 g/mol. The highest BCUT2D eigenvalue weighted by molar-refractivity contribution is 14.0. The van der Waals surface area contributed by atoms with Gasteiger partial charge < -0.3 is 25.0 Å². The molecule has 6 nitrogen and oxygen atoms in total. The molecule has 1 aromatic rings. The molecular formula is C21H33F2IN4O2. The molecule has 0 amide bonds. The minimum absolute atomic E-state index is 0. The maximum atomic E-state index is 14.0. The molecule has 0 radical (unpaired) electrons. The predicted molar refractivity (Wildman–Crippen MR) is 126 cm³/mol. The molecule has 0 spiro atoms. The average molecular weight is 538 g/mol. The summed E-state index contributed by atoms with van der Waals surface area (Å²) < 4.78 is 39.2. The number of para-hydroxylation sites is 1. The topological polar surface area (TPSA) is 58.1 Å². The predicted octanol–water partition coefficient (Wildman–Crippen LogP) is 3.30. The van der Waals surface area contributed by atoms with Gasteiger partial charge in [0, 0.05) is 45.4 Å². The third kappa shape index (κ3) is 7.49. The Bertz CT molecular complexity index is 654. The number of nitrogens with zero attached hydrogens (tertiary/aromatic N) is 2. The largest absolute Gasteiger partial charge is 0.379 e. The molecule has 2 aliphatic heterocycles. The Balaban J connectivity index is 0.00000320. The van der Waals surface area contributed by atoms with Crippen molar-refractivity contribution in [1.29, 1.82) is 0 Å². The van der Waals surface area contributed by atoms with E-state index in [1.54, 1.807) is 4.90 Å². The van der Waals surface area contributed by atoms with Gasteiger partial charge in [-0.3, -0.25) is 4.99 Å². The summed E-state index contributed by atoms with van der Waals surface area (Å²) in [6.07, 6.45) is 4.09. The molecule has 1 aromatic carbocycles. The minimum atomic E-state index is -0.519. The highest BCUT2D eigenvalue weighted by atomic mass is 127. The molecule has 0 aliphatic carbocycles. The van der Waals surface area contributed by atoms with Gasteiger partial charge in [-0.1, -0.05) is 6.07 Å². The molecule has 0 aromatic heterocycles. The first-order valence-corrected chi connectivity index (χ1v) is 10.6. The molecule has 2 unspecified atom stereocenters. The number of halogens is 3. The molecule has 9 heteroatoms. The van der Waals surface area contributed by atoms with Crippen LogP contribution in [0.1, 0.15) is 32.6 Å². The number of anilines is 1. The molecule has 170 valence electrons. The van der Waals surface area contributed by atoms with Crippen LogP contribution in [0.3, 0.4) is 0 Å². The summed E-state index contributed by atoms with van der Waals surface area (Å²) in [5, 5.41) is 6.62. The van der Waals surface area contributed by atoms with E-state index in [0.29, 0.717) is 32.8 Å². The Labute approximate surface area is 194 Å². The van der Waals surface area contributed by atoms with E-state index >= 15 is 0 Å². The fraction of sp³-hybridized carbons (Fsp3) is 0.667. The van der Waals surface area contributed by atoms with Gasteiger partial charge in [0.25, 0.3) is 0 Å². The van der Waals surface area contributed by atoms with Crippen LogP contribution in [0, 0.1) is 11.6 Å². The molecule has 2 aliphatic rings. The molecular weight excluding hydrogens is 505 g/mol. The molecule has 2 N–H and O–H groups in total. The van der Waals surface area contributed by atoms with Gasteiger partial charge in [0.15, 0.2) is 5.96 Å². The number of nitrogens with one attached hydrogen (secondary N) is 2. The zero-order valence-electron chi connectivity index (χ0n) is 17.5. The van der Waals surface area contributed by atoms with Gasteiger partial charge in [0.1, 0.15) is 17.3 Å². The first-order chi connectivity index (χ1) is 14.2. The van der Waals surface area contributed by atoms with E-state index in [1.165, 1.54) is 18.2 Å². The van der Waals surface area contributed by atoms with Crippen molar-refractivity contribution in [3.8, 4) is 0 Å². The highest BCUT2D eigenvalue weighted by Crippen LogP contribution is 2.26. The van der Waals surface area contributed by atoms with Crippen molar-refractivity contribution in [2.75, 3.05) is 50.9 Å². The summed E-state index contributed by atoms with van der Waals surface area (Å²) in [7, 11) is 0. The number of ether oxygens (including phenoxy) is 2. The Morgan fingerprint density at radius 3 is 2.80 bits per heavy atom. The van der Waals surface area contributed by atoms with Crippen molar-refractivity contribution in [2.45, 2.75) is 44.8 Å². The third-order valence-electron chi connectivity index (χ3n) is 5.17. The molecule has 30 heavy (non-hydrogen) atoms. The Hall–Kier alpha value is -1.20. The summed E-state index contributed by atoms with van der Waals surface area (Å²) in [4.78, 5) is 6.35. The van der Waals surface area contributed by atoms with E-state index in [4.69, 9.17) is 9.47 Å². The van der Waals surface area contributed by atoms with Crippen LogP contribution in [0.25, 0.3) is 0 Å². The van der Waals surface area contributed by atoms with Crippen LogP contribution in [0.15, 0.2) is 23.2 Å². The SMILES string of the molecule is CCNC(=NCCCOCC1CCCO1)NC1CCN(c2c(F)cccc2F)C1.I. The summed E-state index contributed by atoms with van der Waals surface area (Å²) in [5.74, 6) is -0.309. The van der Waals surface area contributed by atoms with Gasteiger partial charge in [-0.25, -0.2) is 8.78 Å². The quantitative estimate of drug-likeness (QED) is 0.219. The fourth-order valence-corrected chi connectivity index (χ4v) is 3.73. The zero-order valence-corrected chi connectivity index (χ0v) is 19.9. The number of hydrogen-bond donors (Lipinski definition) is 2. The van der Waals surface area contributed by atoms with E-state index in [2.05, 4.69) is 15.6 Å². The van der Waals surface area contributed by atoms with Crippen LogP contribution < -0.4 is 15.5 Å². The normalized spacial score (nSPS) is 21.6. The van der Waals surface area contributed by atoms with Gasteiger partial charge in [0.2, 0.25) is 0 Å². The highest BCUT2D eigenvalue weighted by Gasteiger charge is 2.27. The van der Waals surface area contributed by atoms with Crippen LogP contribution in [0.2, 0.25) is 0 Å². The van der Waals surface area contributed by atoms with Crippen molar-refractivity contribution in [2.24, 2.45) is 4.99 Å². The smallest absolute Gasteiger partial charge is 0.191 e. The van der Waals surface area contributed by atoms with Crippen molar-refractivity contribution in [3.63, 3.8) is 0 Å². The van der Waals surface area contributed by atoms with Crippen LogP contribution in [0.4, 0.5) is 14.5 Å². The van der Waals surface area contributed by atoms with Gasteiger partial charge in [-0.05, 0) is 44.7 Å². The van der Waals surface area contributed by atoms with Crippen LogP contribution >= 0.6 is 24.0 Å². The lowest BCUT2D eigenvalue weighted by Gasteiger charge is -2.21. The Morgan fingerprint density at radius 2 is 2.10 bits per heavy atom. The second kappa shape index (κ2) is 13.3. The van der Waals surface area contributed by atoms with E-state index in [-0.39, 0.29) is 41.8 Å². The van der Waals surface area contributed by atoms with Crippen LogP contribution in [0.5, 0.6) is 0 Å². The summed E-state index contributed by atoms with van der Waals surface area (Å²) in [6.45, 7) is 6.71. The molecule has 2 fully saturated rings. The van der Waals surface area contributed by atoms with Crippen LogP contribution in [-0.2, 0) is 9.47 Å². The van der Waals surface area contributed by atoms with E-state index in [9.17, 15) is 8.78 Å². The fourth-order valence-electron chi connectivity index (χ4n) is 3.73. The van der Waals surface area contributed by atoms with Crippen molar-refractivity contribution in [3.05, 3.63) is 29.8 Å². The Morgan fingerprint density at radius 1 is 1.30 bits per heavy atom. The average Bonchev–Trinajstić information content (AvgIpc) is 3.37. The number of rotatable bonds is 9. The van der Waals surface area contributed by atoms with Crippen molar-refractivity contribution in [1.82, 2.24) is 10.6 Å². The summed E-state index contributed by atoms with van der Waals surface area (Å²) in [6, 6.07) is 4.07. The van der Waals surface area contributed by atoms with Crippen LogP contribution in [-0.4, -0.2) is 64.1 Å². The molecule has 3 rings (SSSR count). The van der Waals surface area contributed by atoms with E-state index in [0.717, 1.165) is 44.8 Å². The van der Waals surface area contributed by atoms with Gasteiger partial charge in [-0.15, -0.1) is 24.0 Å². The van der Waals surface area contributed by atoms with Crippen molar-refractivity contribution < 1.29 is 18.3 Å². The van der Waals surface area contributed by atoms with Gasteiger partial charge in [-0.2, -0.15) is 0 Å². The molecule has 2 saturated heterocycles. The van der Waals surface area contributed by atoms with Gasteiger partial charge >= 0.3 is 0 Å². The first-order valence-electron chi connectivity index (χ1n) is 10.6. The summed E-state index contributed by atoms with van der Waals surface area (Å²) in [5.41, 5.74) is 0.0575. The molecule has 0 bridgehead atoms. The maximum absolute atomic E-state index is 14.0. The second-order valence-corrected chi connectivity index (χ2v) is 7.47. The van der Waals surface area contributed by atoms with Gasteiger partial charge in [0.05, 0.1) is 12.7 Å². The number of hydrogen-bond acceptors (Lipinski definition) is 4. The number of guanidine groups is 1. The standard InChI is InChI=1S/C21H32F2N4O2.HI/c1-2-24-21(25-10-5-12-28-15-17-6-4-13-29-17)26-16-9-11-27(14-16)20-18(22)7-3-8-19(20)23;/h3,7-8,16-17H,2,4-6,9-15H2,1H3,(H2,24,25,26);1H. The maximum Gasteiger partial charge on any atom is 0.191 e. The lowest BCUT2D eigenvalue weighted by molar-refractivity contribution is 0.0171. The van der Waals surface area contributed by atoms with E-state index in [1.807, 2.05) is 6.92 Å². The third-order valence-corrected chi connectivity index (χ3v) is 5.17. The molecule has 2 atom stereocenters. The molecule has 0 saturated carbocycles. The first kappa shape index (κ1) is 25.1. The zero-order chi connectivity index (χ0) is 20.5. The number of aliphatic imine (C=N–C) groups is 1. The minimum Gasteiger partial charge on any atom is -0.379 e. The van der Waals surface area contributed by atoms with E-state index < -0.39 is 11.6 Å². The number of benzene rings is 1. The summed E-state index contributed by atoms with van der Waals surface area (Å²) >= 11 is 0. The lowest BCUT2D eigenvalue weighted by atomic mass is 10.2. The van der Waals surface area contributed by atoms with Crippen molar-refractivity contribution >= 4 is 35.6 Å².